The van der Waals surface area contributed by atoms with Gasteiger partial charge in [-0.25, -0.2) is 8.42 Å². The molecule has 9 nitrogen and oxygen atoms in total. The van der Waals surface area contributed by atoms with Gasteiger partial charge in [-0.2, -0.15) is 5.10 Å². The Morgan fingerprint density at radius 3 is 2.64 bits per heavy atom. The molecule has 3 rings (SSSR count). The van der Waals surface area contributed by atoms with Crippen LogP contribution in [0.3, 0.4) is 0 Å². The SMILES string of the molecule is CC(C)n1nccc1-c1nnc(NC(=O)CCCS(=O)(=O)c2ccccc2)o1. The van der Waals surface area contributed by atoms with Crippen LogP contribution in [0.1, 0.15) is 32.7 Å². The molecule has 2 aromatic heterocycles. The first-order chi connectivity index (χ1) is 13.4. The van der Waals surface area contributed by atoms with Crippen molar-refractivity contribution in [1.82, 2.24) is 20.0 Å². The monoisotopic (exact) mass is 403 g/mol. The molecule has 148 valence electrons. The fraction of sp³-hybridized carbons (Fsp3) is 0.333. The fourth-order valence-corrected chi connectivity index (χ4v) is 3.95. The highest BCUT2D eigenvalue weighted by atomic mass is 32.2. The number of amides is 1. The number of benzene rings is 1. The maximum Gasteiger partial charge on any atom is 0.322 e. The molecule has 1 amide bonds. The average Bonchev–Trinajstić information content (AvgIpc) is 3.31. The summed E-state index contributed by atoms with van der Waals surface area (Å²) < 4.78 is 31.6. The molecule has 0 spiro atoms. The van der Waals surface area contributed by atoms with Crippen molar-refractivity contribution in [1.29, 1.82) is 0 Å². The standard InChI is InChI=1S/C18H21N5O4S/c1-13(2)23-15(10-11-19-23)17-21-22-18(27-17)20-16(24)9-6-12-28(25,26)14-7-4-3-5-8-14/h3-5,7-8,10-11,13H,6,9,12H2,1-2H3,(H,20,22,24). The lowest BCUT2D eigenvalue weighted by Crippen LogP contribution is -2.14. The summed E-state index contributed by atoms with van der Waals surface area (Å²) in [4.78, 5) is 12.3. The Labute approximate surface area is 162 Å². The van der Waals surface area contributed by atoms with Crippen molar-refractivity contribution in [3.8, 4) is 11.6 Å². The van der Waals surface area contributed by atoms with Gasteiger partial charge in [-0.1, -0.05) is 23.3 Å². The van der Waals surface area contributed by atoms with Gasteiger partial charge in [-0.3, -0.25) is 14.8 Å². The molecule has 0 bridgehead atoms. The number of nitrogens with zero attached hydrogens (tertiary/aromatic N) is 4. The average molecular weight is 403 g/mol. The zero-order chi connectivity index (χ0) is 20.1. The smallest absolute Gasteiger partial charge is 0.322 e. The molecule has 0 saturated heterocycles. The number of hydrogen-bond acceptors (Lipinski definition) is 7. The minimum Gasteiger partial charge on any atom is -0.401 e. The van der Waals surface area contributed by atoms with Gasteiger partial charge < -0.3 is 4.42 Å². The van der Waals surface area contributed by atoms with E-state index in [4.69, 9.17) is 4.42 Å². The first-order valence-corrected chi connectivity index (χ1v) is 10.5. The molecule has 2 heterocycles. The Bertz CT molecular complexity index is 1040. The Kier molecular flexibility index (Phi) is 5.88. The van der Waals surface area contributed by atoms with Gasteiger partial charge in [-0.15, -0.1) is 5.10 Å². The number of carbonyl (C=O) groups is 1. The maximum absolute atomic E-state index is 12.2. The normalized spacial score (nSPS) is 11.7. The lowest BCUT2D eigenvalue weighted by atomic mass is 10.3. The van der Waals surface area contributed by atoms with Crippen LogP contribution in [0, 0.1) is 0 Å². The molecular formula is C18H21N5O4S. The van der Waals surface area contributed by atoms with Crippen molar-refractivity contribution >= 4 is 21.8 Å². The van der Waals surface area contributed by atoms with E-state index < -0.39 is 15.7 Å². The van der Waals surface area contributed by atoms with Crippen LogP contribution in [0.15, 0.2) is 51.9 Å². The molecule has 0 aliphatic carbocycles. The Morgan fingerprint density at radius 1 is 1.18 bits per heavy atom. The van der Waals surface area contributed by atoms with Crippen molar-refractivity contribution in [2.24, 2.45) is 0 Å². The number of carbonyl (C=O) groups excluding carboxylic acids is 1. The maximum atomic E-state index is 12.2. The molecule has 0 saturated carbocycles. The first-order valence-electron chi connectivity index (χ1n) is 8.82. The van der Waals surface area contributed by atoms with E-state index in [1.807, 2.05) is 13.8 Å². The quantitative estimate of drug-likeness (QED) is 0.614. The predicted octanol–water partition coefficient (Wildman–Crippen LogP) is 2.71. The summed E-state index contributed by atoms with van der Waals surface area (Å²) in [6, 6.07) is 9.97. The van der Waals surface area contributed by atoms with E-state index >= 15 is 0 Å². The second-order valence-corrected chi connectivity index (χ2v) is 8.56. The van der Waals surface area contributed by atoms with Gasteiger partial charge in [0, 0.05) is 18.7 Å². The lowest BCUT2D eigenvalue weighted by molar-refractivity contribution is -0.116. The van der Waals surface area contributed by atoms with Crippen LogP contribution in [0.25, 0.3) is 11.6 Å². The molecule has 1 aromatic carbocycles. The second kappa shape index (κ2) is 8.34. The van der Waals surface area contributed by atoms with E-state index in [1.54, 1.807) is 35.1 Å². The number of nitrogens with one attached hydrogen (secondary N) is 1. The molecule has 0 unspecified atom stereocenters. The summed E-state index contributed by atoms with van der Waals surface area (Å²) in [5.74, 6) is -0.267. The van der Waals surface area contributed by atoms with Gasteiger partial charge in [0.25, 0.3) is 5.89 Å². The van der Waals surface area contributed by atoms with Crippen molar-refractivity contribution in [2.75, 3.05) is 11.1 Å². The third-order valence-corrected chi connectivity index (χ3v) is 5.79. The Morgan fingerprint density at radius 2 is 1.93 bits per heavy atom. The topological polar surface area (TPSA) is 120 Å². The first kappa shape index (κ1) is 19.7. The second-order valence-electron chi connectivity index (χ2n) is 6.45. The Hall–Kier alpha value is -3.01. The summed E-state index contributed by atoms with van der Waals surface area (Å²) in [6.07, 6.45) is 1.84. The number of anilines is 1. The van der Waals surface area contributed by atoms with Crippen LogP contribution in [0.5, 0.6) is 0 Å². The Balaban J connectivity index is 1.55. The predicted molar refractivity (Wildman–Crippen MR) is 102 cm³/mol. The van der Waals surface area contributed by atoms with E-state index in [9.17, 15) is 13.2 Å². The van der Waals surface area contributed by atoms with Gasteiger partial charge in [0.05, 0.1) is 10.6 Å². The van der Waals surface area contributed by atoms with Gasteiger partial charge in [0.2, 0.25) is 5.91 Å². The van der Waals surface area contributed by atoms with Gasteiger partial charge in [0.1, 0.15) is 5.69 Å². The molecule has 0 radical (unpaired) electrons. The minimum absolute atomic E-state index is 0.0215. The molecule has 10 heteroatoms. The van der Waals surface area contributed by atoms with E-state index in [2.05, 4.69) is 20.6 Å². The van der Waals surface area contributed by atoms with Crippen LogP contribution in [0.2, 0.25) is 0 Å². The molecule has 28 heavy (non-hydrogen) atoms. The van der Waals surface area contributed by atoms with Crippen LogP contribution >= 0.6 is 0 Å². The molecule has 1 N–H and O–H groups in total. The highest BCUT2D eigenvalue weighted by Gasteiger charge is 2.17. The van der Waals surface area contributed by atoms with Gasteiger partial charge in [0.15, 0.2) is 9.84 Å². The third kappa shape index (κ3) is 4.63. The number of aromatic nitrogens is 4. The highest BCUT2D eigenvalue weighted by Crippen LogP contribution is 2.22. The zero-order valence-electron chi connectivity index (χ0n) is 15.6. The summed E-state index contributed by atoms with van der Waals surface area (Å²) in [5, 5.41) is 14.4. The summed E-state index contributed by atoms with van der Waals surface area (Å²) >= 11 is 0. The van der Waals surface area contributed by atoms with E-state index in [0.29, 0.717) is 5.69 Å². The molecule has 0 aliphatic heterocycles. The highest BCUT2D eigenvalue weighted by molar-refractivity contribution is 7.91. The molecule has 3 aromatic rings. The molecule has 0 fully saturated rings. The van der Waals surface area contributed by atoms with Crippen LogP contribution < -0.4 is 5.32 Å². The van der Waals surface area contributed by atoms with Gasteiger partial charge >= 0.3 is 6.01 Å². The van der Waals surface area contributed by atoms with Crippen molar-refractivity contribution < 1.29 is 17.6 Å². The molecule has 0 atom stereocenters. The fourth-order valence-electron chi connectivity index (χ4n) is 2.62. The zero-order valence-corrected chi connectivity index (χ0v) is 16.4. The third-order valence-electron chi connectivity index (χ3n) is 3.97. The van der Waals surface area contributed by atoms with Crippen molar-refractivity contribution in [3.05, 3.63) is 42.6 Å². The number of sulfone groups is 1. The van der Waals surface area contributed by atoms with Crippen LogP contribution in [-0.4, -0.2) is 40.1 Å². The van der Waals surface area contributed by atoms with Crippen molar-refractivity contribution in [3.63, 3.8) is 0 Å². The van der Waals surface area contributed by atoms with E-state index in [-0.39, 0.29) is 41.4 Å². The van der Waals surface area contributed by atoms with E-state index in [0.717, 1.165) is 0 Å². The van der Waals surface area contributed by atoms with Crippen LogP contribution in [-0.2, 0) is 14.6 Å². The summed E-state index contributed by atoms with van der Waals surface area (Å²) in [5.41, 5.74) is 0.650. The minimum atomic E-state index is -3.41. The summed E-state index contributed by atoms with van der Waals surface area (Å²) in [7, 11) is -3.41. The summed E-state index contributed by atoms with van der Waals surface area (Å²) in [6.45, 7) is 3.94. The van der Waals surface area contributed by atoms with E-state index in [1.165, 1.54) is 12.1 Å². The molecular weight excluding hydrogens is 382 g/mol. The largest absolute Gasteiger partial charge is 0.401 e. The number of hydrogen-bond donors (Lipinski definition) is 1. The molecule has 0 aliphatic rings. The van der Waals surface area contributed by atoms with Gasteiger partial charge in [-0.05, 0) is 38.5 Å². The van der Waals surface area contributed by atoms with Crippen molar-refractivity contribution in [2.45, 2.75) is 37.6 Å². The lowest BCUT2D eigenvalue weighted by Gasteiger charge is -2.07. The number of rotatable bonds is 8. The van der Waals surface area contributed by atoms with Crippen LogP contribution in [0.4, 0.5) is 6.01 Å².